The lowest BCUT2D eigenvalue weighted by Crippen LogP contribution is -2.49. The van der Waals surface area contributed by atoms with E-state index in [9.17, 15) is 9.59 Å². The second-order valence-corrected chi connectivity index (χ2v) is 7.40. The molecule has 0 N–H and O–H groups in total. The van der Waals surface area contributed by atoms with Gasteiger partial charge >= 0.3 is 5.97 Å². The van der Waals surface area contributed by atoms with Crippen LogP contribution in [-0.2, 0) is 14.3 Å². The molecule has 2 rings (SSSR count). The minimum Gasteiger partial charge on any atom is -0.484 e. The Hall–Kier alpha value is -2.04. The van der Waals surface area contributed by atoms with E-state index in [0.29, 0.717) is 18.2 Å². The van der Waals surface area contributed by atoms with Crippen LogP contribution in [0.5, 0.6) is 5.75 Å². The molecule has 3 unspecified atom stereocenters. The molecule has 0 radical (unpaired) electrons. The molecule has 1 aliphatic rings. The number of methoxy groups -OCH3 is 1. The van der Waals surface area contributed by atoms with Crippen molar-refractivity contribution in [1.82, 2.24) is 4.90 Å². The maximum atomic E-state index is 12.9. The zero-order valence-corrected chi connectivity index (χ0v) is 16.4. The van der Waals surface area contributed by atoms with E-state index in [4.69, 9.17) is 9.47 Å². The molecule has 1 aromatic rings. The summed E-state index contributed by atoms with van der Waals surface area (Å²) < 4.78 is 10.5. The van der Waals surface area contributed by atoms with Crippen LogP contribution in [0, 0.1) is 18.8 Å². The smallest absolute Gasteiger partial charge is 0.310 e. The third kappa shape index (κ3) is 5.48. The highest BCUT2D eigenvalue weighted by Crippen LogP contribution is 2.29. The van der Waals surface area contributed by atoms with Gasteiger partial charge in [0.25, 0.3) is 5.91 Å². The monoisotopic (exact) mass is 361 g/mol. The van der Waals surface area contributed by atoms with Gasteiger partial charge in [0.2, 0.25) is 0 Å². The fourth-order valence-electron chi connectivity index (χ4n) is 3.62. The first-order valence-corrected chi connectivity index (χ1v) is 9.49. The minimum atomic E-state index is -0.350. The topological polar surface area (TPSA) is 55.8 Å². The van der Waals surface area contributed by atoms with Gasteiger partial charge in [0.1, 0.15) is 5.75 Å². The molecule has 0 saturated heterocycles. The summed E-state index contributed by atoms with van der Waals surface area (Å²) in [5.41, 5.74) is 1.15. The lowest BCUT2D eigenvalue weighted by Gasteiger charge is -2.39. The highest BCUT2D eigenvalue weighted by molar-refractivity contribution is 5.79. The molecule has 0 heterocycles. The van der Waals surface area contributed by atoms with Gasteiger partial charge in [-0.05, 0) is 37.8 Å². The Bertz CT molecular complexity index is 599. The van der Waals surface area contributed by atoms with Crippen LogP contribution in [-0.4, -0.2) is 43.1 Å². The zero-order valence-electron chi connectivity index (χ0n) is 16.4. The molecule has 1 fully saturated rings. The number of aryl methyl sites for hydroxylation is 1. The van der Waals surface area contributed by atoms with E-state index >= 15 is 0 Å². The summed E-state index contributed by atoms with van der Waals surface area (Å²) in [6.07, 6.45) is 4.40. The molecule has 0 spiro atoms. The van der Waals surface area contributed by atoms with Crippen molar-refractivity contribution in [3.8, 4) is 5.75 Å². The summed E-state index contributed by atoms with van der Waals surface area (Å²) in [5.74, 6) is 0.404. The highest BCUT2D eigenvalue weighted by atomic mass is 16.5. The normalized spacial score (nSPS) is 20.9. The number of hydrogen-bond donors (Lipinski definition) is 0. The SMILES string of the molecule is COC(=O)C(C)CN(C(=O)COc1ccc(C)cc1)C1CCCCC1C. The fourth-order valence-corrected chi connectivity index (χ4v) is 3.62. The van der Waals surface area contributed by atoms with Gasteiger partial charge in [0, 0.05) is 12.6 Å². The largest absolute Gasteiger partial charge is 0.484 e. The Kier molecular flexibility index (Phi) is 7.49. The van der Waals surface area contributed by atoms with E-state index in [2.05, 4.69) is 6.92 Å². The number of carbonyl (C=O) groups excluding carboxylic acids is 2. The summed E-state index contributed by atoms with van der Waals surface area (Å²) in [4.78, 5) is 26.6. The number of carbonyl (C=O) groups is 2. The molecule has 0 aromatic heterocycles. The fraction of sp³-hybridized carbons (Fsp3) is 0.619. The van der Waals surface area contributed by atoms with Crippen molar-refractivity contribution in [2.75, 3.05) is 20.3 Å². The Labute approximate surface area is 156 Å². The van der Waals surface area contributed by atoms with Gasteiger partial charge in [0.05, 0.1) is 13.0 Å². The number of benzene rings is 1. The zero-order chi connectivity index (χ0) is 19.1. The predicted octanol–water partition coefficient (Wildman–Crippen LogP) is 3.59. The average Bonchev–Trinajstić information content (AvgIpc) is 2.65. The number of ether oxygens (including phenoxy) is 2. The lowest BCUT2D eigenvalue weighted by molar-refractivity contribution is -0.148. The molecular weight excluding hydrogens is 330 g/mol. The molecule has 1 amide bonds. The van der Waals surface area contributed by atoms with Gasteiger partial charge in [-0.3, -0.25) is 9.59 Å². The third-order valence-corrected chi connectivity index (χ3v) is 5.24. The van der Waals surface area contributed by atoms with Crippen LogP contribution >= 0.6 is 0 Å². The van der Waals surface area contributed by atoms with Crippen molar-refractivity contribution in [1.29, 1.82) is 0 Å². The number of rotatable bonds is 7. The van der Waals surface area contributed by atoms with Crippen molar-refractivity contribution in [2.24, 2.45) is 11.8 Å². The van der Waals surface area contributed by atoms with Gasteiger partial charge in [-0.1, -0.05) is 44.4 Å². The van der Waals surface area contributed by atoms with E-state index in [-0.39, 0.29) is 30.4 Å². The second-order valence-electron chi connectivity index (χ2n) is 7.40. The van der Waals surface area contributed by atoms with Crippen LogP contribution in [0.3, 0.4) is 0 Å². The van der Waals surface area contributed by atoms with Crippen molar-refractivity contribution in [3.05, 3.63) is 29.8 Å². The number of esters is 1. The first-order valence-electron chi connectivity index (χ1n) is 9.49. The summed E-state index contributed by atoms with van der Waals surface area (Å²) >= 11 is 0. The van der Waals surface area contributed by atoms with E-state index in [1.807, 2.05) is 36.1 Å². The van der Waals surface area contributed by atoms with Crippen LogP contribution in [0.15, 0.2) is 24.3 Å². The Morgan fingerprint density at radius 2 is 1.85 bits per heavy atom. The molecule has 1 saturated carbocycles. The van der Waals surface area contributed by atoms with Crippen molar-refractivity contribution < 1.29 is 19.1 Å². The van der Waals surface area contributed by atoms with E-state index in [0.717, 1.165) is 24.8 Å². The molecule has 26 heavy (non-hydrogen) atoms. The van der Waals surface area contributed by atoms with E-state index < -0.39 is 0 Å². The summed E-state index contributed by atoms with van der Waals surface area (Å²) in [7, 11) is 1.38. The predicted molar refractivity (Wildman–Crippen MR) is 101 cm³/mol. The molecule has 1 aliphatic carbocycles. The first-order chi connectivity index (χ1) is 12.4. The molecule has 5 heteroatoms. The molecule has 5 nitrogen and oxygen atoms in total. The van der Waals surface area contributed by atoms with Crippen LogP contribution in [0.1, 0.15) is 45.1 Å². The number of nitrogens with zero attached hydrogens (tertiary/aromatic N) is 1. The Morgan fingerprint density at radius 3 is 2.46 bits per heavy atom. The molecule has 144 valence electrons. The number of hydrogen-bond acceptors (Lipinski definition) is 4. The molecule has 1 aromatic carbocycles. The quantitative estimate of drug-likeness (QED) is 0.697. The highest BCUT2D eigenvalue weighted by Gasteiger charge is 2.32. The van der Waals surface area contributed by atoms with Crippen LogP contribution in [0.25, 0.3) is 0 Å². The molecule has 0 bridgehead atoms. The van der Waals surface area contributed by atoms with Gasteiger partial charge in [-0.2, -0.15) is 0 Å². The minimum absolute atomic E-state index is 0.0137. The summed E-state index contributed by atoms with van der Waals surface area (Å²) in [5, 5.41) is 0. The average molecular weight is 361 g/mol. The van der Waals surface area contributed by atoms with E-state index in [1.165, 1.54) is 13.5 Å². The Morgan fingerprint density at radius 1 is 1.19 bits per heavy atom. The first kappa shape index (κ1) is 20.3. The van der Waals surface area contributed by atoms with Gasteiger partial charge in [0.15, 0.2) is 6.61 Å². The maximum absolute atomic E-state index is 12.9. The standard InChI is InChI=1S/C21H31NO4/c1-15-9-11-18(12-10-15)26-14-20(23)22(13-17(3)21(24)25-4)19-8-6-5-7-16(19)2/h9-12,16-17,19H,5-8,13-14H2,1-4H3. The van der Waals surface area contributed by atoms with Gasteiger partial charge in [-0.25, -0.2) is 0 Å². The van der Waals surface area contributed by atoms with Crippen molar-refractivity contribution >= 4 is 11.9 Å². The maximum Gasteiger partial charge on any atom is 0.310 e. The van der Waals surface area contributed by atoms with Crippen LogP contribution in [0.2, 0.25) is 0 Å². The van der Waals surface area contributed by atoms with Gasteiger partial charge < -0.3 is 14.4 Å². The molecule has 0 aliphatic heterocycles. The Balaban J connectivity index is 2.06. The van der Waals surface area contributed by atoms with Crippen LogP contribution in [0.4, 0.5) is 0 Å². The van der Waals surface area contributed by atoms with Gasteiger partial charge in [-0.15, -0.1) is 0 Å². The van der Waals surface area contributed by atoms with E-state index in [1.54, 1.807) is 6.92 Å². The molecular formula is C21H31NO4. The van der Waals surface area contributed by atoms with Crippen molar-refractivity contribution in [2.45, 2.75) is 52.5 Å². The third-order valence-electron chi connectivity index (χ3n) is 5.24. The van der Waals surface area contributed by atoms with Crippen molar-refractivity contribution in [3.63, 3.8) is 0 Å². The van der Waals surface area contributed by atoms with Crippen LogP contribution < -0.4 is 4.74 Å². The lowest BCUT2D eigenvalue weighted by atomic mass is 9.84. The second kappa shape index (κ2) is 9.60. The summed E-state index contributed by atoms with van der Waals surface area (Å²) in [6.45, 7) is 6.36. The number of amides is 1. The molecule has 3 atom stereocenters. The summed E-state index contributed by atoms with van der Waals surface area (Å²) in [6, 6.07) is 7.81.